The van der Waals surface area contributed by atoms with Crippen LogP contribution in [-0.2, 0) is 17.9 Å². The molecule has 2 amide bonds. The summed E-state index contributed by atoms with van der Waals surface area (Å²) in [5, 5.41) is 1.42. The van der Waals surface area contributed by atoms with Crippen LogP contribution in [0.2, 0.25) is 15.1 Å². The summed E-state index contributed by atoms with van der Waals surface area (Å²) in [4.78, 5) is 27.0. The number of nitrogens with zero attached hydrogens (tertiary/aromatic N) is 1. The Hall–Kier alpha value is -0.980. The maximum absolute atomic E-state index is 12.9. The van der Waals surface area contributed by atoms with E-state index in [1.807, 2.05) is 18.2 Å². The highest BCUT2D eigenvalue weighted by Crippen LogP contribution is 2.36. The second-order valence-electron chi connectivity index (χ2n) is 7.23. The Morgan fingerprint density at radius 2 is 1.56 bits per heavy atom. The van der Waals surface area contributed by atoms with Gasteiger partial charge < -0.3 is 4.74 Å². The first-order chi connectivity index (χ1) is 16.2. The van der Waals surface area contributed by atoms with Crippen molar-refractivity contribution in [2.75, 3.05) is 0 Å². The van der Waals surface area contributed by atoms with Crippen LogP contribution in [0.1, 0.15) is 16.7 Å². The van der Waals surface area contributed by atoms with E-state index < -0.39 is 0 Å². The summed E-state index contributed by atoms with van der Waals surface area (Å²) in [7, 11) is 0. The minimum Gasteiger partial charge on any atom is -0.487 e. The first-order valence-electron chi connectivity index (χ1n) is 9.77. The Morgan fingerprint density at radius 1 is 0.912 bits per heavy atom. The van der Waals surface area contributed by atoms with Gasteiger partial charge in [-0.05, 0) is 111 Å². The number of rotatable bonds is 6. The SMILES string of the molecule is O=C1S/C(=C\c2cc(I)c(OCc3ccc(Cl)cc3Cl)c(I)c2)C(=O)N1Cc1ccc(Cl)cc1. The lowest BCUT2D eigenvalue weighted by Gasteiger charge is -2.13. The smallest absolute Gasteiger partial charge is 0.293 e. The normalized spacial score (nSPS) is 14.9. The highest BCUT2D eigenvalue weighted by Gasteiger charge is 2.35. The molecule has 34 heavy (non-hydrogen) atoms. The van der Waals surface area contributed by atoms with Crippen LogP contribution in [0.5, 0.6) is 5.75 Å². The Labute approximate surface area is 243 Å². The summed E-state index contributed by atoms with van der Waals surface area (Å²) in [5.74, 6) is 0.410. The van der Waals surface area contributed by atoms with E-state index in [9.17, 15) is 9.59 Å². The van der Waals surface area contributed by atoms with Crippen molar-refractivity contribution in [2.45, 2.75) is 13.2 Å². The van der Waals surface area contributed by atoms with E-state index >= 15 is 0 Å². The topological polar surface area (TPSA) is 46.6 Å². The lowest BCUT2D eigenvalue weighted by atomic mass is 10.2. The summed E-state index contributed by atoms with van der Waals surface area (Å²) in [6, 6.07) is 16.2. The van der Waals surface area contributed by atoms with Crippen molar-refractivity contribution in [3.63, 3.8) is 0 Å². The second kappa shape index (κ2) is 11.4. The Kier molecular flexibility index (Phi) is 8.74. The van der Waals surface area contributed by atoms with E-state index in [-0.39, 0.29) is 17.7 Å². The summed E-state index contributed by atoms with van der Waals surface area (Å²) in [6.45, 7) is 0.499. The number of hydrogen-bond acceptors (Lipinski definition) is 4. The van der Waals surface area contributed by atoms with Gasteiger partial charge in [0.15, 0.2) is 0 Å². The standard InChI is InChI=1S/C24H14Cl3I2NO3S/c25-16-4-1-13(2-5-16)11-30-23(31)21(34-24(30)32)9-14-7-19(28)22(20(29)8-14)33-12-15-3-6-17(26)10-18(15)27/h1-10H,11-12H2/b21-9-. The van der Waals surface area contributed by atoms with Gasteiger partial charge in [0.2, 0.25) is 0 Å². The molecule has 174 valence electrons. The number of carbonyl (C=O) groups excluding carboxylic acids is 2. The summed E-state index contributed by atoms with van der Waals surface area (Å²) in [6.07, 6.45) is 1.73. The van der Waals surface area contributed by atoms with Gasteiger partial charge in [0.25, 0.3) is 11.1 Å². The van der Waals surface area contributed by atoms with Crippen LogP contribution in [-0.4, -0.2) is 16.0 Å². The van der Waals surface area contributed by atoms with Crippen LogP contribution in [0.25, 0.3) is 6.08 Å². The van der Waals surface area contributed by atoms with Crippen LogP contribution in [0, 0.1) is 7.14 Å². The number of hydrogen-bond donors (Lipinski definition) is 0. The zero-order valence-electron chi connectivity index (χ0n) is 17.2. The van der Waals surface area contributed by atoms with Gasteiger partial charge in [-0.1, -0.05) is 53.0 Å². The zero-order chi connectivity index (χ0) is 24.4. The molecule has 0 aromatic heterocycles. The molecule has 0 saturated carbocycles. The molecule has 4 rings (SSSR count). The van der Waals surface area contributed by atoms with Gasteiger partial charge in [-0.15, -0.1) is 0 Å². The van der Waals surface area contributed by atoms with E-state index in [1.54, 1.807) is 42.5 Å². The number of thioether (sulfide) groups is 1. The zero-order valence-corrected chi connectivity index (χ0v) is 24.6. The molecule has 1 heterocycles. The lowest BCUT2D eigenvalue weighted by Crippen LogP contribution is -2.27. The largest absolute Gasteiger partial charge is 0.487 e. The Bertz CT molecular complexity index is 1290. The van der Waals surface area contributed by atoms with Crippen molar-refractivity contribution in [3.8, 4) is 5.75 Å². The third-order valence-electron chi connectivity index (χ3n) is 4.83. The molecule has 0 radical (unpaired) electrons. The molecule has 0 bridgehead atoms. The van der Waals surface area contributed by atoms with Gasteiger partial charge in [0, 0.05) is 20.6 Å². The molecule has 1 fully saturated rings. The van der Waals surface area contributed by atoms with Crippen molar-refractivity contribution < 1.29 is 14.3 Å². The maximum atomic E-state index is 12.9. The molecule has 10 heteroatoms. The number of imide groups is 1. The van der Waals surface area contributed by atoms with Gasteiger partial charge in [-0.3, -0.25) is 14.5 Å². The van der Waals surface area contributed by atoms with Gasteiger partial charge >= 0.3 is 0 Å². The van der Waals surface area contributed by atoms with Crippen molar-refractivity contribution in [2.24, 2.45) is 0 Å². The molecule has 0 aliphatic carbocycles. The van der Waals surface area contributed by atoms with Crippen molar-refractivity contribution in [1.82, 2.24) is 4.90 Å². The molecule has 0 unspecified atom stereocenters. The predicted octanol–water partition coefficient (Wildman–Crippen LogP) is 8.67. The lowest BCUT2D eigenvalue weighted by molar-refractivity contribution is -0.123. The quantitative estimate of drug-likeness (QED) is 0.187. The molecule has 4 nitrogen and oxygen atoms in total. The maximum Gasteiger partial charge on any atom is 0.293 e. The van der Waals surface area contributed by atoms with Gasteiger partial charge in [0.05, 0.1) is 18.6 Å². The Balaban J connectivity index is 1.50. The molecule has 1 saturated heterocycles. The van der Waals surface area contributed by atoms with Crippen molar-refractivity contribution >= 4 is 109 Å². The fourth-order valence-electron chi connectivity index (χ4n) is 3.15. The van der Waals surface area contributed by atoms with Crippen LogP contribution in [0.3, 0.4) is 0 Å². The highest BCUT2D eigenvalue weighted by molar-refractivity contribution is 14.1. The number of halogens is 5. The molecular weight excluding hydrogens is 743 g/mol. The minimum atomic E-state index is -0.312. The summed E-state index contributed by atoms with van der Waals surface area (Å²) in [5.41, 5.74) is 2.47. The van der Waals surface area contributed by atoms with Gasteiger partial charge in [0.1, 0.15) is 12.4 Å². The van der Waals surface area contributed by atoms with Crippen LogP contribution in [0.4, 0.5) is 4.79 Å². The monoisotopic (exact) mass is 755 g/mol. The molecular formula is C24H14Cl3I2NO3S. The van der Waals surface area contributed by atoms with E-state index in [0.29, 0.717) is 26.6 Å². The first kappa shape index (κ1) is 26.1. The number of ether oxygens (including phenoxy) is 1. The third-order valence-corrected chi connectivity index (χ3v) is 8.18. The number of carbonyl (C=O) groups is 2. The predicted molar refractivity (Wildman–Crippen MR) is 156 cm³/mol. The van der Waals surface area contributed by atoms with E-state index in [1.165, 1.54) is 4.90 Å². The van der Waals surface area contributed by atoms with Crippen LogP contribution < -0.4 is 4.74 Å². The molecule has 1 aliphatic rings. The average Bonchev–Trinajstić information content (AvgIpc) is 3.03. The fraction of sp³-hybridized carbons (Fsp3) is 0.0833. The number of benzene rings is 3. The first-order valence-corrected chi connectivity index (χ1v) is 13.9. The minimum absolute atomic E-state index is 0.203. The molecule has 3 aromatic carbocycles. The summed E-state index contributed by atoms with van der Waals surface area (Å²) < 4.78 is 7.77. The average molecular weight is 757 g/mol. The van der Waals surface area contributed by atoms with Crippen molar-refractivity contribution in [1.29, 1.82) is 0 Å². The fourth-order valence-corrected chi connectivity index (χ4v) is 6.70. The van der Waals surface area contributed by atoms with Gasteiger partial charge in [-0.25, -0.2) is 0 Å². The molecule has 3 aromatic rings. The Morgan fingerprint density at radius 3 is 2.21 bits per heavy atom. The molecule has 1 aliphatic heterocycles. The molecule has 0 N–H and O–H groups in total. The highest BCUT2D eigenvalue weighted by atomic mass is 127. The second-order valence-corrected chi connectivity index (χ2v) is 11.8. The number of amides is 2. The molecule has 0 spiro atoms. The van der Waals surface area contributed by atoms with E-state index in [4.69, 9.17) is 39.5 Å². The van der Waals surface area contributed by atoms with E-state index in [0.717, 1.165) is 41.3 Å². The summed E-state index contributed by atoms with van der Waals surface area (Å²) >= 11 is 23.4. The van der Waals surface area contributed by atoms with Crippen molar-refractivity contribution in [3.05, 3.63) is 98.4 Å². The molecule has 0 atom stereocenters. The van der Waals surface area contributed by atoms with Crippen LogP contribution >= 0.6 is 91.7 Å². The van der Waals surface area contributed by atoms with E-state index in [2.05, 4.69) is 45.2 Å². The third kappa shape index (κ3) is 6.22. The van der Waals surface area contributed by atoms with Gasteiger partial charge in [-0.2, -0.15) is 0 Å². The van der Waals surface area contributed by atoms with Crippen LogP contribution in [0.15, 0.2) is 59.5 Å².